The Morgan fingerprint density at radius 2 is 2.00 bits per heavy atom. The summed E-state index contributed by atoms with van der Waals surface area (Å²) in [6.45, 7) is 0.717. The van der Waals surface area contributed by atoms with E-state index in [9.17, 15) is 14.0 Å². The summed E-state index contributed by atoms with van der Waals surface area (Å²) >= 11 is 3.15. The summed E-state index contributed by atoms with van der Waals surface area (Å²) in [5.41, 5.74) is 0.553. The Morgan fingerprint density at radius 3 is 2.64 bits per heavy atom. The molecule has 1 fully saturated rings. The first-order chi connectivity index (χ1) is 10.6. The number of benzene rings is 1. The molecule has 0 radical (unpaired) electrons. The number of hydrogen-bond acceptors (Lipinski definition) is 3. The van der Waals surface area contributed by atoms with Crippen LogP contribution in [0.5, 0.6) is 0 Å². The van der Waals surface area contributed by atoms with Crippen molar-refractivity contribution < 1.29 is 18.4 Å². The quantitative estimate of drug-likeness (QED) is 0.887. The minimum absolute atomic E-state index is 0.147. The molecule has 2 amide bonds. The molecule has 1 saturated heterocycles. The van der Waals surface area contributed by atoms with Crippen LogP contribution in [0.3, 0.4) is 0 Å². The van der Waals surface area contributed by atoms with Crippen molar-refractivity contribution in [2.45, 2.75) is 6.04 Å². The van der Waals surface area contributed by atoms with Crippen molar-refractivity contribution in [3.05, 3.63) is 58.2 Å². The fourth-order valence-corrected chi connectivity index (χ4v) is 2.74. The molecule has 1 aromatic heterocycles. The maximum Gasteiger partial charge on any atom is 0.290 e. The number of carbonyl (C=O) groups excluding carboxylic acids is 2. The molecule has 114 valence electrons. The molecule has 1 unspecified atom stereocenters. The molecular formula is C15H12BrFN2O3. The zero-order chi connectivity index (χ0) is 15.7. The van der Waals surface area contributed by atoms with Crippen LogP contribution in [-0.2, 0) is 4.79 Å². The lowest BCUT2D eigenvalue weighted by Crippen LogP contribution is -2.52. The van der Waals surface area contributed by atoms with Crippen molar-refractivity contribution in [1.29, 1.82) is 0 Å². The first-order valence-electron chi connectivity index (χ1n) is 6.66. The van der Waals surface area contributed by atoms with E-state index < -0.39 is 11.9 Å². The van der Waals surface area contributed by atoms with Gasteiger partial charge in [0.25, 0.3) is 5.91 Å². The largest absolute Gasteiger partial charge is 0.444 e. The molecule has 0 bridgehead atoms. The normalized spacial score (nSPS) is 18.2. The van der Waals surface area contributed by atoms with Gasteiger partial charge in [0.1, 0.15) is 11.9 Å². The topological polar surface area (TPSA) is 62.6 Å². The van der Waals surface area contributed by atoms with Gasteiger partial charge in [-0.1, -0.05) is 12.1 Å². The Kier molecular flexibility index (Phi) is 3.98. The third-order valence-electron chi connectivity index (χ3n) is 3.44. The van der Waals surface area contributed by atoms with Crippen LogP contribution in [0.15, 0.2) is 45.5 Å². The average Bonchev–Trinajstić information content (AvgIpc) is 2.94. The summed E-state index contributed by atoms with van der Waals surface area (Å²) in [4.78, 5) is 26.2. The van der Waals surface area contributed by atoms with Crippen molar-refractivity contribution in [2.75, 3.05) is 13.1 Å². The lowest BCUT2D eigenvalue weighted by Gasteiger charge is -2.34. The maximum absolute atomic E-state index is 13.1. The van der Waals surface area contributed by atoms with Gasteiger partial charge in [0.15, 0.2) is 10.4 Å². The fraction of sp³-hybridized carbons (Fsp3) is 0.200. The predicted octanol–water partition coefficient (Wildman–Crippen LogP) is 2.49. The van der Waals surface area contributed by atoms with E-state index in [4.69, 9.17) is 4.42 Å². The molecule has 2 heterocycles. The zero-order valence-electron chi connectivity index (χ0n) is 11.4. The van der Waals surface area contributed by atoms with E-state index in [1.807, 2.05) is 0 Å². The number of nitrogens with one attached hydrogen (secondary N) is 1. The lowest BCUT2D eigenvalue weighted by atomic mass is 10.0. The molecule has 1 aliphatic heterocycles. The Balaban J connectivity index is 1.94. The van der Waals surface area contributed by atoms with Gasteiger partial charge in [-0.15, -0.1) is 0 Å². The van der Waals surface area contributed by atoms with Crippen molar-refractivity contribution in [3.8, 4) is 0 Å². The van der Waals surface area contributed by atoms with Crippen molar-refractivity contribution in [1.82, 2.24) is 10.2 Å². The fourth-order valence-electron chi connectivity index (χ4n) is 2.43. The van der Waals surface area contributed by atoms with Gasteiger partial charge in [-0.2, -0.15) is 0 Å². The summed E-state index contributed by atoms with van der Waals surface area (Å²) in [6, 6.07) is 7.90. The summed E-state index contributed by atoms with van der Waals surface area (Å²) in [5, 5.41) is 2.72. The van der Waals surface area contributed by atoms with Crippen LogP contribution in [0, 0.1) is 5.82 Å². The van der Waals surface area contributed by atoms with E-state index in [1.54, 1.807) is 12.1 Å². The smallest absolute Gasteiger partial charge is 0.290 e. The van der Waals surface area contributed by atoms with Gasteiger partial charge < -0.3 is 14.6 Å². The number of amides is 2. The number of nitrogens with zero attached hydrogens (tertiary/aromatic N) is 1. The molecule has 7 heteroatoms. The van der Waals surface area contributed by atoms with Gasteiger partial charge in [0.05, 0.1) is 0 Å². The number of carbonyl (C=O) groups is 2. The van der Waals surface area contributed by atoms with E-state index in [0.717, 1.165) is 0 Å². The second-order valence-electron chi connectivity index (χ2n) is 4.85. The van der Waals surface area contributed by atoms with Crippen molar-refractivity contribution in [3.63, 3.8) is 0 Å². The SMILES string of the molecule is O=C1NCCN(C(=O)c2ccc(Br)o2)C1c1ccc(F)cc1. The average molecular weight is 367 g/mol. The highest BCUT2D eigenvalue weighted by atomic mass is 79.9. The van der Waals surface area contributed by atoms with Gasteiger partial charge in [0.2, 0.25) is 5.91 Å². The van der Waals surface area contributed by atoms with E-state index in [2.05, 4.69) is 21.2 Å². The number of hydrogen-bond donors (Lipinski definition) is 1. The molecule has 0 saturated carbocycles. The second kappa shape index (κ2) is 5.92. The minimum atomic E-state index is -0.800. The monoisotopic (exact) mass is 366 g/mol. The van der Waals surface area contributed by atoms with E-state index in [-0.39, 0.29) is 17.6 Å². The Morgan fingerprint density at radius 1 is 1.27 bits per heavy atom. The number of halogens is 2. The molecule has 5 nitrogen and oxygen atoms in total. The molecule has 1 aromatic carbocycles. The standard InChI is InChI=1S/C15H12BrFN2O3/c16-12-6-5-11(22-12)15(21)19-8-7-18-14(20)13(19)9-1-3-10(17)4-2-9/h1-6,13H,7-8H2,(H,18,20). The Hall–Kier alpha value is -2.15. The van der Waals surface area contributed by atoms with Gasteiger partial charge in [-0.25, -0.2) is 4.39 Å². The van der Waals surface area contributed by atoms with Crippen LogP contribution in [0.2, 0.25) is 0 Å². The Bertz CT molecular complexity index is 714. The summed E-state index contributed by atoms with van der Waals surface area (Å²) in [6.07, 6.45) is 0. The van der Waals surface area contributed by atoms with Crippen molar-refractivity contribution in [2.24, 2.45) is 0 Å². The Labute approximate surface area is 134 Å². The number of piperazine rings is 1. The van der Waals surface area contributed by atoms with Gasteiger partial charge in [0, 0.05) is 13.1 Å². The van der Waals surface area contributed by atoms with E-state index >= 15 is 0 Å². The maximum atomic E-state index is 13.1. The number of rotatable bonds is 2. The van der Waals surface area contributed by atoms with Gasteiger partial charge in [-0.3, -0.25) is 9.59 Å². The summed E-state index contributed by atoms with van der Waals surface area (Å²) < 4.78 is 18.8. The van der Waals surface area contributed by atoms with Crippen molar-refractivity contribution >= 4 is 27.7 Å². The predicted molar refractivity (Wildman–Crippen MR) is 79.6 cm³/mol. The first-order valence-corrected chi connectivity index (χ1v) is 7.45. The molecule has 0 aliphatic carbocycles. The zero-order valence-corrected chi connectivity index (χ0v) is 13.0. The van der Waals surface area contributed by atoms with Gasteiger partial charge in [-0.05, 0) is 45.8 Å². The second-order valence-corrected chi connectivity index (χ2v) is 5.63. The minimum Gasteiger partial charge on any atom is -0.444 e. The van der Waals surface area contributed by atoms with Crippen LogP contribution < -0.4 is 5.32 Å². The van der Waals surface area contributed by atoms with E-state index in [0.29, 0.717) is 23.3 Å². The van der Waals surface area contributed by atoms with Crippen LogP contribution in [0.1, 0.15) is 22.2 Å². The van der Waals surface area contributed by atoms with E-state index in [1.165, 1.54) is 29.2 Å². The van der Waals surface area contributed by atoms with Crippen LogP contribution in [-0.4, -0.2) is 29.8 Å². The molecule has 1 N–H and O–H groups in total. The molecule has 1 aliphatic rings. The summed E-state index contributed by atoms with van der Waals surface area (Å²) in [7, 11) is 0. The molecule has 0 spiro atoms. The molecule has 2 aromatic rings. The molecule has 3 rings (SSSR count). The lowest BCUT2D eigenvalue weighted by molar-refractivity contribution is -0.128. The molecule has 22 heavy (non-hydrogen) atoms. The molecular weight excluding hydrogens is 355 g/mol. The summed E-state index contributed by atoms with van der Waals surface area (Å²) in [5.74, 6) is -0.923. The van der Waals surface area contributed by atoms with Crippen LogP contribution in [0.25, 0.3) is 0 Å². The highest BCUT2D eigenvalue weighted by Gasteiger charge is 2.35. The number of furan rings is 1. The van der Waals surface area contributed by atoms with Gasteiger partial charge >= 0.3 is 0 Å². The third kappa shape index (κ3) is 2.76. The third-order valence-corrected chi connectivity index (χ3v) is 3.87. The van der Waals surface area contributed by atoms with Crippen LogP contribution >= 0.6 is 15.9 Å². The molecule has 1 atom stereocenters. The van der Waals surface area contributed by atoms with Crippen LogP contribution in [0.4, 0.5) is 4.39 Å². The highest BCUT2D eigenvalue weighted by Crippen LogP contribution is 2.26. The highest BCUT2D eigenvalue weighted by molar-refractivity contribution is 9.10. The first kappa shape index (κ1) is 14.8.